The highest BCUT2D eigenvalue weighted by atomic mass is 19.1. The van der Waals surface area contributed by atoms with Crippen LogP contribution in [0.3, 0.4) is 0 Å². The molecular weight excluding hydrogens is 323 g/mol. The van der Waals surface area contributed by atoms with E-state index in [9.17, 15) is 9.18 Å². The Kier molecular flexibility index (Phi) is 4.91. The topological polar surface area (TPSA) is 87.0 Å². The minimum Gasteiger partial charge on any atom is -0.337 e. The molecule has 7 heteroatoms. The molecule has 0 spiro atoms. The number of aryl methyl sites for hydroxylation is 1. The van der Waals surface area contributed by atoms with Crippen molar-refractivity contribution in [2.45, 2.75) is 19.8 Å². The van der Waals surface area contributed by atoms with Gasteiger partial charge in [-0.15, -0.1) is 0 Å². The highest BCUT2D eigenvalue weighted by molar-refractivity contribution is 5.98. The molecule has 2 N–H and O–H groups in total. The molecule has 25 heavy (non-hydrogen) atoms. The zero-order valence-electron chi connectivity index (χ0n) is 13.7. The number of nitriles is 1. The van der Waals surface area contributed by atoms with Crippen molar-refractivity contribution in [2.75, 3.05) is 11.9 Å². The molecular formula is C18H17FN4O2. The zero-order valence-corrected chi connectivity index (χ0v) is 13.7. The fourth-order valence-corrected chi connectivity index (χ4v) is 2.21. The molecule has 1 amide bonds. The smallest absolute Gasteiger partial charge is 0.278 e. The van der Waals surface area contributed by atoms with Crippen molar-refractivity contribution in [3.63, 3.8) is 0 Å². The quantitative estimate of drug-likeness (QED) is 0.789. The average Bonchev–Trinajstić information content (AvgIpc) is 3.41. The summed E-state index contributed by atoms with van der Waals surface area (Å²) in [5, 5.41) is 11.8. The number of amides is 1. The molecule has 1 aliphatic carbocycles. The maximum absolute atomic E-state index is 14.1. The number of halogens is 1. The lowest BCUT2D eigenvalue weighted by Gasteiger charge is -2.12. The predicted octanol–water partition coefficient (Wildman–Crippen LogP) is 3.22. The van der Waals surface area contributed by atoms with Crippen molar-refractivity contribution in [2.24, 2.45) is 5.92 Å². The molecule has 0 radical (unpaired) electrons. The first kappa shape index (κ1) is 16.9. The Hall–Kier alpha value is -2.98. The van der Waals surface area contributed by atoms with Crippen LogP contribution in [0.15, 0.2) is 30.3 Å². The summed E-state index contributed by atoms with van der Waals surface area (Å²) in [6.45, 7) is 2.24. The fraction of sp³-hybridized carbons (Fsp3) is 0.278. The van der Waals surface area contributed by atoms with Crippen LogP contribution in [-0.4, -0.2) is 17.5 Å². The Morgan fingerprint density at radius 1 is 1.40 bits per heavy atom. The average molecular weight is 340 g/mol. The molecule has 3 rings (SSSR count). The van der Waals surface area contributed by atoms with E-state index >= 15 is 0 Å². The number of pyridine rings is 1. The number of hydrogen-bond donors (Lipinski definition) is 2. The molecule has 1 aromatic carbocycles. The maximum Gasteiger partial charge on any atom is 0.278 e. The van der Waals surface area contributed by atoms with E-state index in [4.69, 9.17) is 10.1 Å². The molecule has 1 aromatic heterocycles. The summed E-state index contributed by atoms with van der Waals surface area (Å²) < 4.78 is 14.1. The number of rotatable bonds is 6. The van der Waals surface area contributed by atoms with Crippen molar-refractivity contribution in [3.05, 3.63) is 53.0 Å². The minimum atomic E-state index is -0.507. The largest absolute Gasteiger partial charge is 0.337 e. The Bertz CT molecular complexity index is 843. The van der Waals surface area contributed by atoms with Crippen molar-refractivity contribution in [3.8, 4) is 6.07 Å². The van der Waals surface area contributed by atoms with Crippen LogP contribution in [0, 0.1) is 30.0 Å². The van der Waals surface area contributed by atoms with Crippen LogP contribution in [0.1, 0.15) is 34.5 Å². The van der Waals surface area contributed by atoms with Crippen LogP contribution in [0.25, 0.3) is 0 Å². The predicted molar refractivity (Wildman–Crippen MR) is 89.5 cm³/mol. The molecule has 2 aromatic rings. The molecule has 1 heterocycles. The van der Waals surface area contributed by atoms with E-state index < -0.39 is 11.7 Å². The van der Waals surface area contributed by atoms with E-state index in [1.165, 1.54) is 18.2 Å². The number of carbonyl (C=O) groups is 1. The van der Waals surface area contributed by atoms with Gasteiger partial charge in [-0.25, -0.2) is 14.9 Å². The number of hydrogen-bond acceptors (Lipinski definition) is 5. The normalized spacial score (nSPS) is 13.2. The third kappa shape index (κ3) is 4.31. The van der Waals surface area contributed by atoms with Gasteiger partial charge in [0.2, 0.25) is 0 Å². The number of nitrogens with zero attached hydrogens (tertiary/aromatic N) is 2. The van der Waals surface area contributed by atoms with Gasteiger partial charge in [0.05, 0.1) is 17.9 Å². The number of benzene rings is 1. The van der Waals surface area contributed by atoms with Crippen LogP contribution in [0.4, 0.5) is 15.9 Å². The van der Waals surface area contributed by atoms with Crippen molar-refractivity contribution >= 4 is 17.4 Å². The van der Waals surface area contributed by atoms with Gasteiger partial charge in [-0.2, -0.15) is 5.26 Å². The van der Waals surface area contributed by atoms with Gasteiger partial charge >= 0.3 is 0 Å². The van der Waals surface area contributed by atoms with Crippen LogP contribution in [0.2, 0.25) is 0 Å². The van der Waals surface area contributed by atoms with Crippen LogP contribution >= 0.6 is 0 Å². The Balaban J connectivity index is 1.82. The summed E-state index contributed by atoms with van der Waals surface area (Å²) >= 11 is 0. The molecule has 0 atom stereocenters. The molecule has 0 saturated heterocycles. The monoisotopic (exact) mass is 340 g/mol. The highest BCUT2D eigenvalue weighted by Gasteiger charge is 2.22. The first-order valence-electron chi connectivity index (χ1n) is 7.93. The highest BCUT2D eigenvalue weighted by Crippen LogP contribution is 2.28. The SMILES string of the molecule is Cc1ccc(Nc2nc(C#N)ccc2C(=O)NOCC2CC2)c(F)c1. The van der Waals surface area contributed by atoms with Gasteiger partial charge in [0.15, 0.2) is 0 Å². The Morgan fingerprint density at radius 2 is 2.20 bits per heavy atom. The first-order chi connectivity index (χ1) is 12.1. The van der Waals surface area contributed by atoms with Crippen molar-refractivity contribution < 1.29 is 14.0 Å². The molecule has 0 unspecified atom stereocenters. The molecule has 0 aliphatic heterocycles. The molecule has 1 saturated carbocycles. The van der Waals surface area contributed by atoms with Crippen LogP contribution in [-0.2, 0) is 4.84 Å². The molecule has 128 valence electrons. The molecule has 6 nitrogen and oxygen atoms in total. The number of anilines is 2. The summed E-state index contributed by atoms with van der Waals surface area (Å²) in [6.07, 6.45) is 2.21. The van der Waals surface area contributed by atoms with E-state index in [-0.39, 0.29) is 22.8 Å². The summed E-state index contributed by atoms with van der Waals surface area (Å²) in [6, 6.07) is 9.44. The minimum absolute atomic E-state index is 0.0920. The maximum atomic E-state index is 14.1. The van der Waals surface area contributed by atoms with Crippen molar-refractivity contribution in [1.82, 2.24) is 10.5 Å². The lowest BCUT2D eigenvalue weighted by molar-refractivity contribution is 0.0271. The second-order valence-corrected chi connectivity index (χ2v) is 6.00. The summed E-state index contributed by atoms with van der Waals surface area (Å²) in [5.41, 5.74) is 3.58. The lowest BCUT2D eigenvalue weighted by Crippen LogP contribution is -2.26. The first-order valence-corrected chi connectivity index (χ1v) is 7.93. The van der Waals surface area contributed by atoms with Crippen LogP contribution < -0.4 is 10.8 Å². The number of aromatic nitrogens is 1. The third-order valence-corrected chi connectivity index (χ3v) is 3.81. The lowest BCUT2D eigenvalue weighted by atomic mass is 10.2. The van der Waals surface area contributed by atoms with Gasteiger partial charge in [0, 0.05) is 0 Å². The van der Waals surface area contributed by atoms with Gasteiger partial charge < -0.3 is 5.32 Å². The van der Waals surface area contributed by atoms with Gasteiger partial charge in [0.1, 0.15) is 23.4 Å². The molecule has 1 aliphatic rings. The van der Waals surface area contributed by atoms with Gasteiger partial charge in [-0.1, -0.05) is 6.07 Å². The van der Waals surface area contributed by atoms with Crippen molar-refractivity contribution in [1.29, 1.82) is 5.26 Å². The summed E-state index contributed by atoms with van der Waals surface area (Å²) in [4.78, 5) is 21.6. The van der Waals surface area contributed by atoms with E-state index in [2.05, 4.69) is 15.8 Å². The van der Waals surface area contributed by atoms with Gasteiger partial charge in [0.25, 0.3) is 5.91 Å². The van der Waals surface area contributed by atoms with E-state index in [1.54, 1.807) is 19.1 Å². The Morgan fingerprint density at radius 3 is 2.88 bits per heavy atom. The zero-order chi connectivity index (χ0) is 17.8. The number of carbonyl (C=O) groups excluding carboxylic acids is 1. The van der Waals surface area contributed by atoms with Crippen LogP contribution in [0.5, 0.6) is 0 Å². The summed E-state index contributed by atoms with van der Waals surface area (Å²) in [5.74, 6) is -0.388. The number of hydroxylamine groups is 1. The molecule has 0 bridgehead atoms. The van der Waals surface area contributed by atoms with Gasteiger partial charge in [-0.3, -0.25) is 9.63 Å². The van der Waals surface area contributed by atoms with E-state index in [0.29, 0.717) is 12.5 Å². The second-order valence-electron chi connectivity index (χ2n) is 6.00. The van der Waals surface area contributed by atoms with Gasteiger partial charge in [-0.05, 0) is 55.5 Å². The van der Waals surface area contributed by atoms with E-state index in [0.717, 1.165) is 18.4 Å². The Labute approximate surface area is 144 Å². The number of nitrogens with one attached hydrogen (secondary N) is 2. The standard InChI is InChI=1S/C18H17FN4O2/c1-11-2-7-16(15(19)8-11)22-17-14(6-5-13(9-20)21-17)18(24)23-25-10-12-3-4-12/h2,5-8,12H,3-4,10H2,1H3,(H,21,22)(H,23,24). The fourth-order valence-electron chi connectivity index (χ4n) is 2.21. The summed E-state index contributed by atoms with van der Waals surface area (Å²) in [7, 11) is 0. The van der Waals surface area contributed by atoms with E-state index in [1.807, 2.05) is 6.07 Å². The third-order valence-electron chi connectivity index (χ3n) is 3.81. The molecule has 1 fully saturated rings. The second kappa shape index (κ2) is 7.28.